The number of hydrogen-bond acceptors (Lipinski definition) is 5. The molecule has 0 bridgehead atoms. The Bertz CT molecular complexity index is 478. The fourth-order valence-corrected chi connectivity index (χ4v) is 2.44. The number of rotatable bonds is 5. The van der Waals surface area contributed by atoms with Crippen LogP contribution < -0.4 is 11.1 Å². The van der Waals surface area contributed by atoms with Crippen molar-refractivity contribution in [1.29, 1.82) is 0 Å². The lowest BCUT2D eigenvalue weighted by Crippen LogP contribution is -2.41. The largest absolute Gasteiger partial charge is 0.389 e. The quantitative estimate of drug-likeness (QED) is 0.605. The maximum absolute atomic E-state index is 11.8. The van der Waals surface area contributed by atoms with E-state index in [0.29, 0.717) is 12.5 Å². The van der Waals surface area contributed by atoms with E-state index in [-0.39, 0.29) is 36.7 Å². The molecule has 1 heterocycles. The molecule has 0 aromatic carbocycles. The molecule has 8 nitrogen and oxygen atoms in total. The Labute approximate surface area is 122 Å². The van der Waals surface area contributed by atoms with E-state index in [1.807, 2.05) is 0 Å². The van der Waals surface area contributed by atoms with Gasteiger partial charge in [0.1, 0.15) is 6.54 Å². The lowest BCUT2D eigenvalue weighted by atomic mass is 10.0. The average molecular weight is 304 g/mol. The zero-order valence-electron chi connectivity index (χ0n) is 10.9. The molecule has 0 aliphatic heterocycles. The van der Waals surface area contributed by atoms with E-state index >= 15 is 0 Å². The summed E-state index contributed by atoms with van der Waals surface area (Å²) >= 11 is 0. The predicted octanol–water partition coefficient (Wildman–Crippen LogP) is 0.457. The van der Waals surface area contributed by atoms with Gasteiger partial charge in [0, 0.05) is 6.04 Å². The summed E-state index contributed by atoms with van der Waals surface area (Å²) in [6, 6.07) is 1.38. The number of carbonyl (C=O) groups excluding carboxylic acids is 1. The third kappa shape index (κ3) is 3.91. The van der Waals surface area contributed by atoms with Crippen molar-refractivity contribution >= 4 is 24.1 Å². The lowest BCUT2D eigenvalue weighted by molar-refractivity contribution is -0.389. The molecule has 1 fully saturated rings. The summed E-state index contributed by atoms with van der Waals surface area (Å²) in [5.74, 6) is -0.118. The van der Waals surface area contributed by atoms with Gasteiger partial charge in [-0.25, -0.2) is 0 Å². The van der Waals surface area contributed by atoms with Crippen LogP contribution in [0, 0.1) is 16.0 Å². The van der Waals surface area contributed by atoms with Gasteiger partial charge in [0.25, 0.3) is 0 Å². The monoisotopic (exact) mass is 303 g/mol. The highest BCUT2D eigenvalue weighted by molar-refractivity contribution is 5.85. The van der Waals surface area contributed by atoms with Gasteiger partial charge >= 0.3 is 5.82 Å². The van der Waals surface area contributed by atoms with Crippen molar-refractivity contribution in [3.05, 3.63) is 22.4 Å². The second-order valence-electron chi connectivity index (χ2n) is 4.73. The number of nitrogens with zero attached hydrogens (tertiary/aromatic N) is 3. The summed E-state index contributed by atoms with van der Waals surface area (Å²) in [7, 11) is 0. The van der Waals surface area contributed by atoms with Crippen molar-refractivity contribution in [2.24, 2.45) is 11.7 Å². The van der Waals surface area contributed by atoms with E-state index in [4.69, 9.17) is 5.73 Å². The highest BCUT2D eigenvalue weighted by atomic mass is 35.5. The Morgan fingerprint density at radius 1 is 1.60 bits per heavy atom. The molecule has 1 saturated carbocycles. The van der Waals surface area contributed by atoms with Gasteiger partial charge in [0.15, 0.2) is 0 Å². The Hall–Kier alpha value is -1.67. The molecule has 20 heavy (non-hydrogen) atoms. The first kappa shape index (κ1) is 16.4. The molecule has 0 saturated heterocycles. The Balaban J connectivity index is 0.00000200. The van der Waals surface area contributed by atoms with Gasteiger partial charge in [-0.2, -0.15) is 4.68 Å². The van der Waals surface area contributed by atoms with E-state index in [0.717, 1.165) is 19.3 Å². The first-order valence-corrected chi connectivity index (χ1v) is 6.27. The second-order valence-corrected chi connectivity index (χ2v) is 4.73. The number of nitrogens with two attached hydrogens (primary N) is 1. The van der Waals surface area contributed by atoms with Gasteiger partial charge in [-0.05, 0) is 30.2 Å². The van der Waals surface area contributed by atoms with Crippen molar-refractivity contribution in [1.82, 2.24) is 15.1 Å². The number of hydrogen-bond donors (Lipinski definition) is 2. The molecule has 2 rings (SSSR count). The molecule has 112 valence electrons. The topological polar surface area (TPSA) is 116 Å². The van der Waals surface area contributed by atoms with Crippen LogP contribution in [0.3, 0.4) is 0 Å². The molecule has 2 atom stereocenters. The average Bonchev–Trinajstić information content (AvgIpc) is 2.97. The van der Waals surface area contributed by atoms with Crippen molar-refractivity contribution < 1.29 is 9.72 Å². The number of halogens is 1. The van der Waals surface area contributed by atoms with Crippen LogP contribution in [0.2, 0.25) is 0 Å². The van der Waals surface area contributed by atoms with Crippen LogP contribution in [0.1, 0.15) is 19.3 Å². The van der Waals surface area contributed by atoms with Gasteiger partial charge in [0.05, 0.1) is 17.4 Å². The SMILES string of the molecule is Cl.NCC1CCCC1NC(=O)Cn1ccc([N+](=O)[O-])n1. The van der Waals surface area contributed by atoms with Crippen molar-refractivity contribution in [3.63, 3.8) is 0 Å². The van der Waals surface area contributed by atoms with Crippen LogP contribution >= 0.6 is 12.4 Å². The Morgan fingerprint density at radius 2 is 2.35 bits per heavy atom. The van der Waals surface area contributed by atoms with Crippen LogP contribution in [-0.2, 0) is 11.3 Å². The van der Waals surface area contributed by atoms with Gasteiger partial charge in [-0.15, -0.1) is 12.4 Å². The van der Waals surface area contributed by atoms with E-state index in [1.165, 1.54) is 16.9 Å². The molecule has 1 amide bonds. The van der Waals surface area contributed by atoms with E-state index in [2.05, 4.69) is 10.4 Å². The Kier molecular flexibility index (Phi) is 5.90. The molecule has 1 aliphatic rings. The van der Waals surface area contributed by atoms with Gasteiger partial charge in [0.2, 0.25) is 5.91 Å². The van der Waals surface area contributed by atoms with Gasteiger partial charge in [-0.1, -0.05) is 6.42 Å². The molecule has 0 radical (unpaired) electrons. The molecule has 3 N–H and O–H groups in total. The van der Waals surface area contributed by atoms with Crippen LogP contribution in [-0.4, -0.2) is 33.2 Å². The molecule has 0 spiro atoms. The molecule has 1 aliphatic carbocycles. The van der Waals surface area contributed by atoms with Gasteiger partial charge < -0.3 is 21.2 Å². The minimum atomic E-state index is -0.587. The van der Waals surface area contributed by atoms with Crippen molar-refractivity contribution in [2.45, 2.75) is 31.8 Å². The smallest absolute Gasteiger partial charge is 0.358 e. The minimum absolute atomic E-state index is 0. The van der Waals surface area contributed by atoms with E-state index < -0.39 is 4.92 Å². The summed E-state index contributed by atoms with van der Waals surface area (Å²) in [5.41, 5.74) is 5.65. The van der Waals surface area contributed by atoms with Crippen molar-refractivity contribution in [3.8, 4) is 0 Å². The molecule has 1 aromatic heterocycles. The van der Waals surface area contributed by atoms with Crippen LogP contribution in [0.5, 0.6) is 0 Å². The fraction of sp³-hybridized carbons (Fsp3) is 0.636. The van der Waals surface area contributed by atoms with E-state index in [9.17, 15) is 14.9 Å². The minimum Gasteiger partial charge on any atom is -0.358 e. The maximum atomic E-state index is 11.8. The van der Waals surface area contributed by atoms with Crippen LogP contribution in [0.25, 0.3) is 0 Å². The zero-order chi connectivity index (χ0) is 13.8. The normalized spacial score (nSPS) is 21.2. The van der Waals surface area contributed by atoms with Gasteiger partial charge in [-0.3, -0.25) is 4.79 Å². The standard InChI is InChI=1S/C11H17N5O3.ClH/c12-6-8-2-1-3-9(8)13-11(17)7-15-5-4-10(14-15)16(18)19;/h4-5,8-9H,1-3,6-7,12H2,(H,13,17);1H. The summed E-state index contributed by atoms with van der Waals surface area (Å²) in [5, 5.41) is 17.1. The molecular weight excluding hydrogens is 286 g/mol. The number of nitro groups is 1. The number of nitrogens with one attached hydrogen (secondary N) is 1. The highest BCUT2D eigenvalue weighted by Gasteiger charge is 2.27. The third-order valence-corrected chi connectivity index (χ3v) is 3.43. The maximum Gasteiger partial charge on any atom is 0.389 e. The molecular formula is C11H18ClN5O3. The summed E-state index contributed by atoms with van der Waals surface area (Å²) in [4.78, 5) is 21.7. The first-order chi connectivity index (χ1) is 9.10. The summed E-state index contributed by atoms with van der Waals surface area (Å²) in [6.07, 6.45) is 4.47. The van der Waals surface area contributed by atoms with Crippen molar-refractivity contribution in [2.75, 3.05) is 6.54 Å². The molecule has 1 aromatic rings. The van der Waals surface area contributed by atoms with Crippen LogP contribution in [0.4, 0.5) is 5.82 Å². The Morgan fingerprint density at radius 3 is 2.95 bits per heavy atom. The number of carbonyl (C=O) groups is 1. The summed E-state index contributed by atoms with van der Waals surface area (Å²) < 4.78 is 1.26. The number of amides is 1. The lowest BCUT2D eigenvalue weighted by Gasteiger charge is -2.18. The third-order valence-electron chi connectivity index (χ3n) is 3.43. The molecule has 2 unspecified atom stereocenters. The van der Waals surface area contributed by atoms with Crippen LogP contribution in [0.15, 0.2) is 12.3 Å². The fourth-order valence-electron chi connectivity index (χ4n) is 2.44. The molecule has 9 heteroatoms. The zero-order valence-corrected chi connectivity index (χ0v) is 11.7. The first-order valence-electron chi connectivity index (χ1n) is 6.27. The predicted molar refractivity (Wildman–Crippen MR) is 74.5 cm³/mol. The highest BCUT2D eigenvalue weighted by Crippen LogP contribution is 2.24. The second kappa shape index (κ2) is 7.20. The summed E-state index contributed by atoms with van der Waals surface area (Å²) in [6.45, 7) is 0.555. The van der Waals surface area contributed by atoms with E-state index in [1.54, 1.807) is 0 Å². The number of aromatic nitrogens is 2.